The minimum atomic E-state index is 0.478. The second kappa shape index (κ2) is 3.33. The number of hydrogen-bond donors (Lipinski definition) is 1. The number of nitrogens with two attached hydrogens (primary N) is 1. The van der Waals surface area contributed by atoms with E-state index in [1.165, 1.54) is 38.8 Å². The maximum atomic E-state index is 5.81. The largest absolute Gasteiger partial charge is 0.328 e. The monoisotopic (exact) mass is 172 g/mol. The number of piperidine rings is 1. The molecule has 1 aliphatic heterocycles. The van der Waals surface area contributed by atoms with Gasteiger partial charge in [0.25, 0.3) is 0 Å². The van der Waals surface area contributed by atoms with Crippen molar-refractivity contribution < 1.29 is 0 Å². The van der Waals surface area contributed by atoms with E-state index in [9.17, 15) is 0 Å². The number of rotatable bonds is 2. The van der Waals surface area contributed by atoms with Crippen LogP contribution in [0.15, 0.2) is 0 Å². The Morgan fingerprint density at radius 1 is 1.09 bits per heavy atom. The fourth-order valence-corrected chi connectivity index (χ4v) is 2.56. The van der Waals surface area contributed by atoms with Crippen LogP contribution in [0.5, 0.6) is 0 Å². The highest BCUT2D eigenvalue weighted by molar-refractivity contribution is 7.97. The van der Waals surface area contributed by atoms with E-state index in [-0.39, 0.29) is 0 Å². The Hall–Kier alpha value is 0.270. The van der Waals surface area contributed by atoms with Crippen LogP contribution in [-0.2, 0) is 0 Å². The van der Waals surface area contributed by atoms with Gasteiger partial charge in [0, 0.05) is 24.4 Å². The lowest BCUT2D eigenvalue weighted by Crippen LogP contribution is -2.36. The van der Waals surface area contributed by atoms with Crippen LogP contribution in [0, 0.1) is 0 Å². The Morgan fingerprint density at radius 3 is 2.27 bits per heavy atom. The lowest BCUT2D eigenvalue weighted by molar-refractivity contribution is 0.346. The van der Waals surface area contributed by atoms with Crippen molar-refractivity contribution in [2.75, 3.05) is 13.1 Å². The van der Waals surface area contributed by atoms with Crippen molar-refractivity contribution in [3.8, 4) is 0 Å². The minimum absolute atomic E-state index is 0.478. The molecule has 2 nitrogen and oxygen atoms in total. The summed E-state index contributed by atoms with van der Waals surface area (Å²) in [7, 11) is 0. The molecule has 1 heterocycles. The number of nitrogens with zero attached hydrogens (tertiary/aromatic N) is 1. The number of hydrogen-bond acceptors (Lipinski definition) is 3. The Bertz CT molecular complexity index is 128. The lowest BCUT2D eigenvalue weighted by atomic mass is 10.1. The molecule has 0 aromatic carbocycles. The van der Waals surface area contributed by atoms with Crippen molar-refractivity contribution >= 4 is 11.9 Å². The first kappa shape index (κ1) is 7.90. The molecule has 2 fully saturated rings. The highest BCUT2D eigenvalue weighted by atomic mass is 32.2. The minimum Gasteiger partial charge on any atom is -0.328 e. The van der Waals surface area contributed by atoms with Crippen LogP contribution in [0.3, 0.4) is 0 Å². The molecule has 64 valence electrons. The molecule has 0 spiro atoms. The summed E-state index contributed by atoms with van der Waals surface area (Å²) >= 11 is 2.07. The van der Waals surface area contributed by atoms with Crippen molar-refractivity contribution in [2.24, 2.45) is 5.73 Å². The van der Waals surface area contributed by atoms with E-state index in [4.69, 9.17) is 5.73 Å². The van der Waals surface area contributed by atoms with Gasteiger partial charge in [-0.1, -0.05) is 11.9 Å². The fraction of sp³-hybridized carbons (Fsp3) is 1.00. The van der Waals surface area contributed by atoms with E-state index in [1.54, 1.807) is 0 Å². The quantitative estimate of drug-likeness (QED) is 0.635. The van der Waals surface area contributed by atoms with Gasteiger partial charge in [-0.25, -0.2) is 0 Å². The smallest absolute Gasteiger partial charge is 0.0196 e. The molecule has 0 bridgehead atoms. The van der Waals surface area contributed by atoms with Crippen molar-refractivity contribution in [1.82, 2.24) is 4.31 Å². The molecule has 0 atom stereocenters. The average molecular weight is 172 g/mol. The van der Waals surface area contributed by atoms with Gasteiger partial charge >= 0.3 is 0 Å². The van der Waals surface area contributed by atoms with Crippen LogP contribution in [0.1, 0.15) is 25.7 Å². The zero-order chi connectivity index (χ0) is 7.68. The van der Waals surface area contributed by atoms with Crippen LogP contribution in [0.25, 0.3) is 0 Å². The Labute approximate surface area is 72.6 Å². The summed E-state index contributed by atoms with van der Waals surface area (Å²) in [5, 5.41) is 0.962. The Balaban J connectivity index is 1.69. The second-order valence-electron chi connectivity index (χ2n) is 3.57. The zero-order valence-electron chi connectivity index (χ0n) is 6.83. The van der Waals surface area contributed by atoms with Gasteiger partial charge in [-0.05, 0) is 25.7 Å². The van der Waals surface area contributed by atoms with Gasteiger partial charge in [-0.2, -0.15) is 0 Å². The van der Waals surface area contributed by atoms with Crippen molar-refractivity contribution in [2.45, 2.75) is 37.0 Å². The third-order valence-electron chi connectivity index (χ3n) is 2.32. The van der Waals surface area contributed by atoms with E-state index < -0.39 is 0 Å². The molecule has 0 aromatic rings. The first-order valence-electron chi connectivity index (χ1n) is 4.52. The maximum absolute atomic E-state index is 5.81. The van der Waals surface area contributed by atoms with Crippen LogP contribution in [-0.4, -0.2) is 28.7 Å². The average Bonchev–Trinajstić information content (AvgIpc) is 2.78. The normalized spacial score (nSPS) is 29.2. The van der Waals surface area contributed by atoms with Gasteiger partial charge in [-0.3, -0.25) is 4.31 Å². The predicted molar refractivity (Wildman–Crippen MR) is 49.4 cm³/mol. The molecule has 0 amide bonds. The highest BCUT2D eigenvalue weighted by Gasteiger charge is 2.27. The van der Waals surface area contributed by atoms with Gasteiger partial charge < -0.3 is 5.73 Å². The van der Waals surface area contributed by atoms with Crippen molar-refractivity contribution in [3.63, 3.8) is 0 Å². The molecule has 1 aliphatic carbocycles. The molecule has 2 rings (SSSR count). The summed E-state index contributed by atoms with van der Waals surface area (Å²) in [6, 6.07) is 0.478. The topological polar surface area (TPSA) is 29.3 Å². The Kier molecular flexibility index (Phi) is 2.39. The van der Waals surface area contributed by atoms with E-state index >= 15 is 0 Å². The first-order valence-corrected chi connectivity index (χ1v) is 5.35. The molecule has 2 aliphatic rings. The molecule has 3 heteroatoms. The van der Waals surface area contributed by atoms with E-state index in [0.29, 0.717) is 6.04 Å². The summed E-state index contributed by atoms with van der Waals surface area (Å²) in [6.45, 7) is 2.42. The summed E-state index contributed by atoms with van der Waals surface area (Å²) in [4.78, 5) is 0. The van der Waals surface area contributed by atoms with Gasteiger partial charge in [0.05, 0.1) is 0 Å². The summed E-state index contributed by atoms with van der Waals surface area (Å²) < 4.78 is 2.50. The molecule has 2 N–H and O–H groups in total. The Morgan fingerprint density at radius 2 is 1.73 bits per heavy atom. The van der Waals surface area contributed by atoms with Gasteiger partial charge in [0.15, 0.2) is 0 Å². The predicted octanol–water partition coefficient (Wildman–Crippen LogP) is 1.22. The first-order chi connectivity index (χ1) is 5.34. The molecule has 1 saturated heterocycles. The van der Waals surface area contributed by atoms with Crippen LogP contribution in [0.4, 0.5) is 0 Å². The molecular weight excluding hydrogens is 156 g/mol. The molecule has 0 aromatic heterocycles. The molecule has 0 unspecified atom stereocenters. The third-order valence-corrected chi connectivity index (χ3v) is 3.75. The summed E-state index contributed by atoms with van der Waals surface area (Å²) in [6.07, 6.45) is 5.26. The lowest BCUT2D eigenvalue weighted by Gasteiger charge is -2.28. The van der Waals surface area contributed by atoms with Crippen molar-refractivity contribution in [1.29, 1.82) is 0 Å². The van der Waals surface area contributed by atoms with Gasteiger partial charge in [0.1, 0.15) is 0 Å². The SMILES string of the molecule is NC1CCN(SC2CC2)CC1. The van der Waals surface area contributed by atoms with E-state index in [1.807, 2.05) is 0 Å². The van der Waals surface area contributed by atoms with Crippen LogP contribution in [0.2, 0.25) is 0 Å². The maximum Gasteiger partial charge on any atom is 0.0196 e. The third kappa shape index (κ3) is 2.36. The standard InChI is InChI=1S/C8H16N2S/c9-7-3-5-10(6-4-7)11-8-1-2-8/h7-8H,1-6,9H2. The van der Waals surface area contributed by atoms with Gasteiger partial charge in [-0.15, -0.1) is 0 Å². The molecular formula is C8H16N2S. The molecule has 11 heavy (non-hydrogen) atoms. The van der Waals surface area contributed by atoms with E-state index in [0.717, 1.165) is 5.25 Å². The summed E-state index contributed by atoms with van der Waals surface area (Å²) in [5.41, 5.74) is 5.81. The highest BCUT2D eigenvalue weighted by Crippen LogP contribution is 2.37. The summed E-state index contributed by atoms with van der Waals surface area (Å²) in [5.74, 6) is 0. The van der Waals surface area contributed by atoms with Crippen LogP contribution < -0.4 is 5.73 Å². The molecule has 1 saturated carbocycles. The fourth-order valence-electron chi connectivity index (χ4n) is 1.37. The van der Waals surface area contributed by atoms with E-state index in [2.05, 4.69) is 16.3 Å². The second-order valence-corrected chi connectivity index (χ2v) is 4.97. The molecule has 0 radical (unpaired) electrons. The van der Waals surface area contributed by atoms with Gasteiger partial charge in [0.2, 0.25) is 0 Å². The van der Waals surface area contributed by atoms with Crippen molar-refractivity contribution in [3.05, 3.63) is 0 Å². The van der Waals surface area contributed by atoms with Crippen LogP contribution >= 0.6 is 11.9 Å². The zero-order valence-corrected chi connectivity index (χ0v) is 7.65.